The van der Waals surface area contributed by atoms with E-state index < -0.39 is 6.09 Å². The van der Waals surface area contributed by atoms with Crippen LogP contribution in [0.15, 0.2) is 47.0 Å². The van der Waals surface area contributed by atoms with Gasteiger partial charge in [0.15, 0.2) is 0 Å². The number of methoxy groups -OCH3 is 1. The molecule has 1 amide bonds. The van der Waals surface area contributed by atoms with Crippen LogP contribution in [-0.4, -0.2) is 23.3 Å². The smallest absolute Gasteiger partial charge is 0.411 e. The Morgan fingerprint density at radius 3 is 2.56 bits per heavy atom. The van der Waals surface area contributed by atoms with Crippen molar-refractivity contribution in [1.29, 1.82) is 0 Å². The van der Waals surface area contributed by atoms with Crippen molar-refractivity contribution in [3.05, 3.63) is 59.7 Å². The van der Waals surface area contributed by atoms with Crippen LogP contribution >= 0.6 is 0 Å². The summed E-state index contributed by atoms with van der Waals surface area (Å²) in [6.07, 6.45) is -0.532. The van der Waals surface area contributed by atoms with Crippen molar-refractivity contribution in [3.63, 3.8) is 0 Å². The topological polar surface area (TPSA) is 89.3 Å². The molecule has 8 heteroatoms. The van der Waals surface area contributed by atoms with Crippen LogP contribution in [0.3, 0.4) is 0 Å². The fraction of sp³-hybridized carbons (Fsp3) is 0.211. The lowest BCUT2D eigenvalue weighted by atomic mass is 10.1. The van der Waals surface area contributed by atoms with Crippen molar-refractivity contribution in [3.8, 4) is 11.4 Å². The quantitative estimate of drug-likeness (QED) is 0.686. The normalized spacial score (nSPS) is 11.7. The van der Waals surface area contributed by atoms with Crippen LogP contribution < -0.4 is 10.6 Å². The summed E-state index contributed by atoms with van der Waals surface area (Å²) in [5, 5.41) is 9.72. The predicted octanol–water partition coefficient (Wildman–Crippen LogP) is 4.54. The molecule has 1 aromatic heterocycles. The van der Waals surface area contributed by atoms with Gasteiger partial charge in [-0.1, -0.05) is 17.3 Å². The zero-order valence-electron chi connectivity index (χ0n) is 15.1. The van der Waals surface area contributed by atoms with Crippen molar-refractivity contribution >= 4 is 17.5 Å². The zero-order valence-corrected chi connectivity index (χ0v) is 15.1. The van der Waals surface area contributed by atoms with E-state index in [-0.39, 0.29) is 11.9 Å². The predicted molar refractivity (Wildman–Crippen MR) is 98.9 cm³/mol. The average molecular weight is 370 g/mol. The molecule has 1 heterocycles. The highest BCUT2D eigenvalue weighted by molar-refractivity contribution is 5.84. The van der Waals surface area contributed by atoms with E-state index in [1.807, 2.05) is 6.92 Å². The van der Waals surface area contributed by atoms with Crippen molar-refractivity contribution in [1.82, 2.24) is 10.1 Å². The number of anilines is 2. The second kappa shape index (κ2) is 7.86. The summed E-state index contributed by atoms with van der Waals surface area (Å²) in [7, 11) is 1.30. The Bertz CT molecular complexity index is 940. The van der Waals surface area contributed by atoms with Crippen LogP contribution in [0.2, 0.25) is 0 Å². The van der Waals surface area contributed by atoms with Crippen LogP contribution in [-0.2, 0) is 4.74 Å². The lowest BCUT2D eigenvalue weighted by molar-refractivity contribution is 0.187. The van der Waals surface area contributed by atoms with Gasteiger partial charge >= 0.3 is 6.09 Å². The van der Waals surface area contributed by atoms with Crippen molar-refractivity contribution in [2.24, 2.45) is 0 Å². The molecule has 7 nitrogen and oxygen atoms in total. The van der Waals surface area contributed by atoms with Crippen LogP contribution in [0.25, 0.3) is 11.4 Å². The molecule has 3 rings (SSSR count). The summed E-state index contributed by atoms with van der Waals surface area (Å²) in [6, 6.07) is 11.6. The van der Waals surface area contributed by atoms with E-state index in [1.54, 1.807) is 43.3 Å². The number of hydrogen-bond donors (Lipinski definition) is 2. The minimum Gasteiger partial charge on any atom is -0.453 e. The molecule has 0 aliphatic rings. The fourth-order valence-corrected chi connectivity index (χ4v) is 2.39. The first kappa shape index (κ1) is 18.4. The summed E-state index contributed by atoms with van der Waals surface area (Å²) >= 11 is 0. The molecule has 0 spiro atoms. The maximum Gasteiger partial charge on any atom is 0.411 e. The second-order valence-corrected chi connectivity index (χ2v) is 5.98. The Labute approximate surface area is 155 Å². The molecular formula is C19H19FN4O3. The molecule has 1 unspecified atom stereocenters. The number of nitrogens with one attached hydrogen (secondary N) is 2. The van der Waals surface area contributed by atoms with Crippen LogP contribution in [0.1, 0.15) is 24.4 Å². The third kappa shape index (κ3) is 4.41. The SMILES string of the molecule is COC(=O)Nc1ccc(NC(C)c2nc(-c3ccc(C)c(F)c3)no2)cc1. The largest absolute Gasteiger partial charge is 0.453 e. The van der Waals surface area contributed by atoms with Gasteiger partial charge in [-0.2, -0.15) is 4.98 Å². The number of aromatic nitrogens is 2. The molecule has 2 aromatic carbocycles. The molecule has 3 aromatic rings. The van der Waals surface area contributed by atoms with Crippen molar-refractivity contribution in [2.75, 3.05) is 17.7 Å². The summed E-state index contributed by atoms with van der Waals surface area (Å²) in [4.78, 5) is 15.5. The highest BCUT2D eigenvalue weighted by Crippen LogP contribution is 2.23. The third-order valence-corrected chi connectivity index (χ3v) is 3.94. The molecule has 1 atom stereocenters. The molecule has 0 saturated carbocycles. The number of nitrogens with zero attached hydrogens (tertiary/aromatic N) is 2. The van der Waals surface area contributed by atoms with Gasteiger partial charge in [0.2, 0.25) is 11.7 Å². The van der Waals surface area contributed by atoms with Crippen molar-refractivity contribution < 1.29 is 18.4 Å². The minimum atomic E-state index is -0.532. The monoisotopic (exact) mass is 370 g/mol. The molecular weight excluding hydrogens is 351 g/mol. The number of aryl methyl sites for hydroxylation is 1. The Kier molecular flexibility index (Phi) is 5.35. The Balaban J connectivity index is 1.68. The zero-order chi connectivity index (χ0) is 19.4. The van der Waals surface area contributed by atoms with Crippen LogP contribution in [0.4, 0.5) is 20.6 Å². The first-order valence-corrected chi connectivity index (χ1v) is 8.28. The van der Waals surface area contributed by atoms with Crippen LogP contribution in [0, 0.1) is 12.7 Å². The number of carbonyl (C=O) groups is 1. The molecule has 0 aliphatic heterocycles. The van der Waals surface area contributed by atoms with Gasteiger partial charge in [-0.15, -0.1) is 0 Å². The van der Waals surface area contributed by atoms with Gasteiger partial charge in [0.25, 0.3) is 0 Å². The number of rotatable bonds is 5. The Hall–Kier alpha value is -3.42. The van der Waals surface area contributed by atoms with E-state index in [4.69, 9.17) is 4.52 Å². The number of halogens is 1. The average Bonchev–Trinajstić information content (AvgIpc) is 3.16. The van der Waals surface area contributed by atoms with E-state index >= 15 is 0 Å². The highest BCUT2D eigenvalue weighted by atomic mass is 19.1. The number of carbonyl (C=O) groups excluding carboxylic acids is 1. The van der Waals surface area contributed by atoms with Gasteiger partial charge in [-0.05, 0) is 49.7 Å². The van der Waals surface area contributed by atoms with E-state index in [9.17, 15) is 9.18 Å². The van der Waals surface area contributed by atoms with Gasteiger partial charge in [0, 0.05) is 16.9 Å². The number of amides is 1. The van der Waals surface area contributed by atoms with Gasteiger partial charge < -0.3 is 14.6 Å². The number of ether oxygens (including phenoxy) is 1. The maximum atomic E-state index is 13.7. The first-order chi connectivity index (χ1) is 13.0. The lowest BCUT2D eigenvalue weighted by Gasteiger charge is -2.11. The Morgan fingerprint density at radius 2 is 1.89 bits per heavy atom. The van der Waals surface area contributed by atoms with E-state index in [1.165, 1.54) is 13.2 Å². The molecule has 0 aliphatic carbocycles. The first-order valence-electron chi connectivity index (χ1n) is 8.28. The summed E-state index contributed by atoms with van der Waals surface area (Å²) in [6.45, 7) is 3.56. The maximum absolute atomic E-state index is 13.7. The molecule has 27 heavy (non-hydrogen) atoms. The van der Waals surface area contributed by atoms with Gasteiger partial charge in [0.05, 0.1) is 7.11 Å². The standard InChI is InChI=1S/C19H19FN4O3/c1-11-4-5-13(10-16(11)20)17-23-18(27-24-17)12(2)21-14-6-8-15(9-7-14)22-19(25)26-3/h4-10,12,21H,1-3H3,(H,22,25). The number of benzene rings is 2. The number of hydrogen-bond acceptors (Lipinski definition) is 6. The summed E-state index contributed by atoms with van der Waals surface area (Å²) in [5.74, 6) is 0.392. The fourth-order valence-electron chi connectivity index (χ4n) is 2.39. The molecule has 0 fully saturated rings. The van der Waals surface area contributed by atoms with Crippen LogP contribution in [0.5, 0.6) is 0 Å². The minimum absolute atomic E-state index is 0.263. The van der Waals surface area contributed by atoms with Gasteiger partial charge in [-0.25, -0.2) is 9.18 Å². The van der Waals surface area contributed by atoms with Crippen molar-refractivity contribution in [2.45, 2.75) is 19.9 Å². The Morgan fingerprint density at radius 1 is 1.19 bits per heavy atom. The molecule has 0 radical (unpaired) electrons. The van der Waals surface area contributed by atoms with Gasteiger partial charge in [-0.3, -0.25) is 5.32 Å². The molecule has 0 saturated heterocycles. The molecule has 0 bridgehead atoms. The van der Waals surface area contributed by atoms with E-state index in [0.29, 0.717) is 28.5 Å². The molecule has 140 valence electrons. The third-order valence-electron chi connectivity index (χ3n) is 3.94. The summed E-state index contributed by atoms with van der Waals surface area (Å²) in [5.41, 5.74) is 2.53. The summed E-state index contributed by atoms with van der Waals surface area (Å²) < 4.78 is 23.6. The molecule has 2 N–H and O–H groups in total. The lowest BCUT2D eigenvalue weighted by Crippen LogP contribution is -2.11. The van der Waals surface area contributed by atoms with E-state index in [0.717, 1.165) is 5.69 Å². The van der Waals surface area contributed by atoms with E-state index in [2.05, 4.69) is 25.5 Å². The van der Waals surface area contributed by atoms with Gasteiger partial charge in [0.1, 0.15) is 11.9 Å². The second-order valence-electron chi connectivity index (χ2n) is 5.98. The highest BCUT2D eigenvalue weighted by Gasteiger charge is 2.16.